The topological polar surface area (TPSA) is 60.4 Å². The van der Waals surface area contributed by atoms with E-state index in [2.05, 4.69) is 0 Å². The first-order chi connectivity index (χ1) is 8.42. The highest BCUT2D eigenvalue weighted by Crippen LogP contribution is 2.11. The molecule has 0 aliphatic carbocycles. The van der Waals surface area contributed by atoms with E-state index in [1.165, 1.54) is 6.92 Å². The van der Waals surface area contributed by atoms with Gasteiger partial charge in [0.15, 0.2) is 9.84 Å². The minimum atomic E-state index is -3.31. The molecule has 18 heavy (non-hydrogen) atoms. The van der Waals surface area contributed by atoms with Crippen LogP contribution in [0.15, 0.2) is 46.9 Å². The molecule has 1 aromatic rings. The fourth-order valence-electron chi connectivity index (χ4n) is 1.25. The predicted octanol–water partition coefficient (Wildman–Crippen LogP) is 1.97. The zero-order valence-electron chi connectivity index (χ0n) is 10.4. The molecule has 0 heterocycles. The van der Waals surface area contributed by atoms with Crippen molar-refractivity contribution in [3.8, 4) is 0 Å². The highest BCUT2D eigenvalue weighted by Gasteiger charge is 2.11. The summed E-state index contributed by atoms with van der Waals surface area (Å²) in [5.74, 6) is -0.474. The van der Waals surface area contributed by atoms with Crippen LogP contribution in [0.4, 0.5) is 0 Å². The van der Waals surface area contributed by atoms with Crippen LogP contribution >= 0.6 is 0 Å². The molecule has 0 fully saturated rings. The van der Waals surface area contributed by atoms with Gasteiger partial charge in [0.05, 0.1) is 10.6 Å². The van der Waals surface area contributed by atoms with E-state index in [1.807, 2.05) is 0 Å². The van der Waals surface area contributed by atoms with Crippen molar-refractivity contribution in [3.05, 3.63) is 42.0 Å². The predicted molar refractivity (Wildman–Crippen MR) is 68.9 cm³/mol. The minimum Gasteiger partial charge on any atom is -0.461 e. The van der Waals surface area contributed by atoms with Crippen LogP contribution in [0, 0.1) is 0 Å². The van der Waals surface area contributed by atoms with Gasteiger partial charge in [0.25, 0.3) is 0 Å². The molecule has 0 aromatic heterocycles. The largest absolute Gasteiger partial charge is 0.461 e. The van der Waals surface area contributed by atoms with Gasteiger partial charge < -0.3 is 4.74 Å². The molecule has 5 heteroatoms. The summed E-state index contributed by atoms with van der Waals surface area (Å²) in [5.41, 5.74) is 0.713. The molecule has 0 radical (unpaired) electrons. The lowest BCUT2D eigenvalue weighted by molar-refractivity contribution is -0.139. The van der Waals surface area contributed by atoms with E-state index in [-0.39, 0.29) is 18.3 Å². The highest BCUT2D eigenvalue weighted by molar-refractivity contribution is 7.91. The van der Waals surface area contributed by atoms with E-state index in [1.54, 1.807) is 43.3 Å². The average molecular weight is 268 g/mol. The molecular weight excluding hydrogens is 252 g/mol. The van der Waals surface area contributed by atoms with Crippen molar-refractivity contribution in [3.63, 3.8) is 0 Å². The van der Waals surface area contributed by atoms with E-state index in [9.17, 15) is 13.2 Å². The number of carbonyl (C=O) groups excluding carboxylic acids is 1. The number of hydrogen-bond donors (Lipinski definition) is 0. The van der Waals surface area contributed by atoms with Crippen molar-refractivity contribution in [1.29, 1.82) is 0 Å². The molecule has 0 saturated heterocycles. The van der Waals surface area contributed by atoms with Gasteiger partial charge in [0.2, 0.25) is 0 Å². The van der Waals surface area contributed by atoms with Gasteiger partial charge in [-0.15, -0.1) is 0 Å². The summed E-state index contributed by atoms with van der Waals surface area (Å²) in [6.45, 7) is 3.16. The molecule has 0 aliphatic rings. The Morgan fingerprint density at radius 1 is 1.22 bits per heavy atom. The second-order valence-corrected chi connectivity index (χ2v) is 5.96. The molecule has 0 bridgehead atoms. The maximum atomic E-state index is 11.9. The van der Waals surface area contributed by atoms with Crippen LogP contribution < -0.4 is 0 Å². The van der Waals surface area contributed by atoms with Crippen LogP contribution in [0.25, 0.3) is 0 Å². The lowest BCUT2D eigenvalue weighted by Crippen LogP contribution is -2.07. The first-order valence-corrected chi connectivity index (χ1v) is 7.14. The third-order valence-electron chi connectivity index (χ3n) is 2.26. The van der Waals surface area contributed by atoms with E-state index in [4.69, 9.17) is 4.74 Å². The van der Waals surface area contributed by atoms with Gasteiger partial charge in [0.1, 0.15) is 6.61 Å². The molecule has 1 aromatic carbocycles. The molecule has 1 rings (SSSR count). The first-order valence-electron chi connectivity index (χ1n) is 5.48. The Kier molecular flexibility index (Phi) is 5.09. The lowest BCUT2D eigenvalue weighted by atomic mass is 10.3. The standard InChI is InChI=1S/C13H16O4S/c1-11(10-17-12(2)14)8-9-18(15,16)13-6-4-3-5-7-13/h3-8H,9-10H2,1-2H3/b11-8+. The van der Waals surface area contributed by atoms with Crippen LogP contribution in [0.2, 0.25) is 0 Å². The zero-order valence-corrected chi connectivity index (χ0v) is 11.2. The maximum absolute atomic E-state index is 11.9. The van der Waals surface area contributed by atoms with Crippen molar-refractivity contribution in [2.24, 2.45) is 0 Å². The minimum absolute atomic E-state index is 0.0931. The van der Waals surface area contributed by atoms with Gasteiger partial charge in [-0.25, -0.2) is 8.42 Å². The van der Waals surface area contributed by atoms with Crippen molar-refractivity contribution >= 4 is 15.8 Å². The number of esters is 1. The maximum Gasteiger partial charge on any atom is 0.302 e. The summed E-state index contributed by atoms with van der Waals surface area (Å²) in [4.78, 5) is 10.9. The molecule has 98 valence electrons. The summed E-state index contributed by atoms with van der Waals surface area (Å²) in [6.07, 6.45) is 1.56. The molecule has 0 spiro atoms. The van der Waals surface area contributed by atoms with Crippen molar-refractivity contribution < 1.29 is 17.9 Å². The number of benzene rings is 1. The molecular formula is C13H16O4S. The number of carbonyl (C=O) groups is 1. The second kappa shape index (κ2) is 6.35. The van der Waals surface area contributed by atoms with Crippen molar-refractivity contribution in [2.45, 2.75) is 18.7 Å². The fourth-order valence-corrected chi connectivity index (χ4v) is 2.52. The molecule has 4 nitrogen and oxygen atoms in total. The number of rotatable bonds is 5. The van der Waals surface area contributed by atoms with Gasteiger partial charge in [-0.1, -0.05) is 24.3 Å². The van der Waals surface area contributed by atoms with Crippen LogP contribution in [0.1, 0.15) is 13.8 Å². The van der Waals surface area contributed by atoms with E-state index < -0.39 is 9.84 Å². The zero-order chi connectivity index (χ0) is 13.6. The lowest BCUT2D eigenvalue weighted by Gasteiger charge is -2.03. The molecule has 0 N–H and O–H groups in total. The Labute approximate surface area is 107 Å². The van der Waals surface area contributed by atoms with Crippen molar-refractivity contribution in [1.82, 2.24) is 0 Å². The third-order valence-corrected chi connectivity index (χ3v) is 3.85. The van der Waals surface area contributed by atoms with Gasteiger partial charge in [-0.3, -0.25) is 4.79 Å². The Balaban J connectivity index is 2.67. The quantitative estimate of drug-likeness (QED) is 0.605. The van der Waals surface area contributed by atoms with E-state index in [0.717, 1.165) is 0 Å². The molecule has 0 atom stereocenters. The molecule has 0 aliphatic heterocycles. The summed E-state index contributed by atoms with van der Waals surface area (Å²) in [5, 5.41) is 0. The van der Waals surface area contributed by atoms with Gasteiger partial charge in [-0.2, -0.15) is 0 Å². The molecule has 0 amide bonds. The Hall–Kier alpha value is -1.62. The number of ether oxygens (including phenoxy) is 1. The summed E-state index contributed by atoms with van der Waals surface area (Å²) in [7, 11) is -3.31. The fraction of sp³-hybridized carbons (Fsp3) is 0.308. The van der Waals surface area contributed by atoms with Crippen LogP contribution in [-0.2, 0) is 19.4 Å². The summed E-state index contributed by atoms with van der Waals surface area (Å²) < 4.78 is 28.6. The van der Waals surface area contributed by atoms with Crippen LogP contribution in [0.3, 0.4) is 0 Å². The van der Waals surface area contributed by atoms with E-state index >= 15 is 0 Å². The van der Waals surface area contributed by atoms with E-state index in [0.29, 0.717) is 10.5 Å². The Morgan fingerprint density at radius 2 is 1.83 bits per heavy atom. The van der Waals surface area contributed by atoms with Gasteiger partial charge in [0, 0.05) is 6.92 Å². The van der Waals surface area contributed by atoms with Gasteiger partial charge >= 0.3 is 5.97 Å². The third kappa shape index (κ3) is 4.71. The average Bonchev–Trinajstić information content (AvgIpc) is 2.35. The molecule has 0 saturated carbocycles. The number of hydrogen-bond acceptors (Lipinski definition) is 4. The number of sulfone groups is 1. The van der Waals surface area contributed by atoms with Crippen LogP contribution in [0.5, 0.6) is 0 Å². The normalized spacial score (nSPS) is 12.2. The van der Waals surface area contributed by atoms with Crippen molar-refractivity contribution in [2.75, 3.05) is 12.4 Å². The SMILES string of the molecule is CC(=O)OC/C(C)=C/CS(=O)(=O)c1ccccc1. The first kappa shape index (κ1) is 14.4. The van der Waals surface area contributed by atoms with Gasteiger partial charge in [-0.05, 0) is 24.6 Å². The monoisotopic (exact) mass is 268 g/mol. The Morgan fingerprint density at radius 3 is 2.39 bits per heavy atom. The second-order valence-electron chi connectivity index (χ2n) is 3.93. The van der Waals surface area contributed by atoms with Crippen LogP contribution in [-0.4, -0.2) is 26.7 Å². The highest BCUT2D eigenvalue weighted by atomic mass is 32.2. The summed E-state index contributed by atoms with van der Waals surface area (Å²) >= 11 is 0. The summed E-state index contributed by atoms with van der Waals surface area (Å²) in [6, 6.07) is 8.25. The molecule has 0 unspecified atom stereocenters. The smallest absolute Gasteiger partial charge is 0.302 e. The Bertz CT molecular complexity index is 529.